The molecule has 0 radical (unpaired) electrons. The highest BCUT2D eigenvalue weighted by molar-refractivity contribution is 5.94. The van der Waals surface area contributed by atoms with E-state index in [1.54, 1.807) is 19.9 Å². The van der Waals surface area contributed by atoms with Crippen molar-refractivity contribution in [2.45, 2.75) is 57.6 Å². The maximum Gasteiger partial charge on any atom is 0.251 e. The predicted octanol–water partition coefficient (Wildman–Crippen LogP) is 2.80. The van der Waals surface area contributed by atoms with Crippen LogP contribution in [0.4, 0.5) is 0 Å². The third-order valence-electron chi connectivity index (χ3n) is 5.35. The quantitative estimate of drug-likeness (QED) is 0.818. The standard InChI is InChI=1S/C22H30N2O2/c1-22(2,26)12-10-17-6-5-7-19(14-17)21(25)23-15-18-11-13-24(16-18)20-8-3-4-9-20/h5-7,14,18,20,26H,3-4,8-9,11,13,15-16H2,1-2H3,(H,23,25). The summed E-state index contributed by atoms with van der Waals surface area (Å²) in [5.74, 6) is 6.22. The van der Waals surface area contributed by atoms with Crippen LogP contribution in [0.3, 0.4) is 0 Å². The molecule has 26 heavy (non-hydrogen) atoms. The van der Waals surface area contributed by atoms with E-state index < -0.39 is 5.60 Å². The van der Waals surface area contributed by atoms with E-state index in [0.717, 1.165) is 24.7 Å². The summed E-state index contributed by atoms with van der Waals surface area (Å²) >= 11 is 0. The van der Waals surface area contributed by atoms with Crippen molar-refractivity contribution in [3.63, 3.8) is 0 Å². The van der Waals surface area contributed by atoms with Gasteiger partial charge in [0.15, 0.2) is 0 Å². The topological polar surface area (TPSA) is 52.6 Å². The van der Waals surface area contributed by atoms with Gasteiger partial charge in [-0.25, -0.2) is 0 Å². The number of carbonyl (C=O) groups is 1. The molecule has 1 saturated heterocycles. The molecule has 2 fully saturated rings. The SMILES string of the molecule is CC(C)(O)C#Cc1cccc(C(=O)NCC2CCN(C3CCCC3)C2)c1. The van der Waals surface area contributed by atoms with Gasteiger partial charge in [-0.2, -0.15) is 0 Å². The van der Waals surface area contributed by atoms with E-state index in [4.69, 9.17) is 0 Å². The highest BCUT2D eigenvalue weighted by Crippen LogP contribution is 2.28. The molecular formula is C22H30N2O2. The molecule has 1 unspecified atom stereocenters. The lowest BCUT2D eigenvalue weighted by Crippen LogP contribution is -2.34. The molecule has 2 aliphatic rings. The van der Waals surface area contributed by atoms with Gasteiger partial charge < -0.3 is 15.3 Å². The Balaban J connectivity index is 1.51. The van der Waals surface area contributed by atoms with Gasteiger partial charge in [-0.3, -0.25) is 4.79 Å². The lowest BCUT2D eigenvalue weighted by Gasteiger charge is -2.23. The van der Waals surface area contributed by atoms with Crippen LogP contribution in [-0.4, -0.2) is 47.2 Å². The van der Waals surface area contributed by atoms with Gasteiger partial charge in [-0.05, 0) is 63.8 Å². The molecule has 0 bridgehead atoms. The second kappa shape index (κ2) is 8.24. The fourth-order valence-corrected chi connectivity index (χ4v) is 3.93. The average Bonchev–Trinajstić information content (AvgIpc) is 3.28. The van der Waals surface area contributed by atoms with Crippen LogP contribution in [0, 0.1) is 17.8 Å². The number of amides is 1. The molecule has 0 aromatic heterocycles. The zero-order valence-electron chi connectivity index (χ0n) is 15.9. The Bertz CT molecular complexity index is 690. The lowest BCUT2D eigenvalue weighted by atomic mass is 10.1. The summed E-state index contributed by atoms with van der Waals surface area (Å²) in [5.41, 5.74) is 0.331. The highest BCUT2D eigenvalue weighted by Gasteiger charge is 2.29. The van der Waals surface area contributed by atoms with Gasteiger partial charge in [0.25, 0.3) is 5.91 Å². The van der Waals surface area contributed by atoms with Gasteiger partial charge in [-0.15, -0.1) is 0 Å². The molecule has 1 saturated carbocycles. The summed E-state index contributed by atoms with van der Waals surface area (Å²) in [7, 11) is 0. The van der Waals surface area contributed by atoms with Crippen LogP contribution in [0.1, 0.15) is 61.9 Å². The summed E-state index contributed by atoms with van der Waals surface area (Å²) in [6, 6.07) is 8.06. The van der Waals surface area contributed by atoms with Crippen molar-refractivity contribution in [3.05, 3.63) is 35.4 Å². The number of nitrogens with zero attached hydrogens (tertiary/aromatic N) is 1. The van der Waals surface area contributed by atoms with Crippen LogP contribution < -0.4 is 5.32 Å². The minimum absolute atomic E-state index is 0.0452. The van der Waals surface area contributed by atoms with E-state index in [0.29, 0.717) is 11.5 Å². The minimum Gasteiger partial charge on any atom is -0.378 e. The van der Waals surface area contributed by atoms with E-state index >= 15 is 0 Å². The molecule has 1 heterocycles. The van der Waals surface area contributed by atoms with Crippen LogP contribution in [0.5, 0.6) is 0 Å². The first-order chi connectivity index (χ1) is 12.4. The molecule has 1 aromatic rings. The monoisotopic (exact) mass is 354 g/mol. The maximum absolute atomic E-state index is 12.5. The number of hydrogen-bond donors (Lipinski definition) is 2. The van der Waals surface area contributed by atoms with E-state index in [-0.39, 0.29) is 5.91 Å². The van der Waals surface area contributed by atoms with E-state index in [9.17, 15) is 9.90 Å². The Morgan fingerprint density at radius 2 is 2.08 bits per heavy atom. The van der Waals surface area contributed by atoms with Gasteiger partial charge in [-0.1, -0.05) is 30.7 Å². The van der Waals surface area contributed by atoms with Crippen LogP contribution in [0.15, 0.2) is 24.3 Å². The van der Waals surface area contributed by atoms with E-state index in [1.165, 1.54) is 38.6 Å². The van der Waals surface area contributed by atoms with Gasteiger partial charge in [0, 0.05) is 30.3 Å². The molecule has 1 atom stereocenters. The van der Waals surface area contributed by atoms with Crippen molar-refractivity contribution in [1.82, 2.24) is 10.2 Å². The largest absolute Gasteiger partial charge is 0.378 e. The molecule has 140 valence electrons. The molecule has 1 aliphatic heterocycles. The van der Waals surface area contributed by atoms with Gasteiger partial charge >= 0.3 is 0 Å². The molecular weight excluding hydrogens is 324 g/mol. The van der Waals surface area contributed by atoms with Gasteiger partial charge in [0.2, 0.25) is 0 Å². The number of aliphatic hydroxyl groups is 1. The molecule has 1 aliphatic carbocycles. The first-order valence-electron chi connectivity index (χ1n) is 9.78. The van der Waals surface area contributed by atoms with E-state index in [2.05, 4.69) is 22.1 Å². The fraction of sp³-hybridized carbons (Fsp3) is 0.591. The van der Waals surface area contributed by atoms with E-state index in [1.807, 2.05) is 18.2 Å². The summed E-state index contributed by atoms with van der Waals surface area (Å²) in [6.45, 7) is 6.32. The molecule has 1 aromatic carbocycles. The normalized spacial score (nSPS) is 21.4. The third-order valence-corrected chi connectivity index (χ3v) is 5.35. The lowest BCUT2D eigenvalue weighted by molar-refractivity contribution is 0.0947. The Hall–Kier alpha value is -1.83. The van der Waals surface area contributed by atoms with Crippen LogP contribution in [-0.2, 0) is 0 Å². The zero-order chi connectivity index (χ0) is 18.6. The number of nitrogens with one attached hydrogen (secondary N) is 1. The highest BCUT2D eigenvalue weighted by atomic mass is 16.3. The Morgan fingerprint density at radius 3 is 2.81 bits per heavy atom. The maximum atomic E-state index is 12.5. The van der Waals surface area contributed by atoms with Crippen molar-refractivity contribution in [3.8, 4) is 11.8 Å². The van der Waals surface area contributed by atoms with Gasteiger partial charge in [0.05, 0.1) is 0 Å². The zero-order valence-corrected chi connectivity index (χ0v) is 15.9. The molecule has 0 spiro atoms. The number of carbonyl (C=O) groups excluding carboxylic acids is 1. The Kier molecular flexibility index (Phi) is 6.01. The van der Waals surface area contributed by atoms with Crippen molar-refractivity contribution >= 4 is 5.91 Å². The third kappa shape index (κ3) is 5.33. The smallest absolute Gasteiger partial charge is 0.251 e. The summed E-state index contributed by atoms with van der Waals surface area (Å²) in [5, 5.41) is 12.8. The summed E-state index contributed by atoms with van der Waals surface area (Å²) < 4.78 is 0. The minimum atomic E-state index is -1.04. The van der Waals surface area contributed by atoms with Crippen LogP contribution in [0.25, 0.3) is 0 Å². The predicted molar refractivity (Wildman–Crippen MR) is 104 cm³/mol. The fourth-order valence-electron chi connectivity index (χ4n) is 3.93. The van der Waals surface area contributed by atoms with Crippen molar-refractivity contribution < 1.29 is 9.90 Å². The molecule has 2 N–H and O–H groups in total. The van der Waals surface area contributed by atoms with Crippen molar-refractivity contribution in [1.29, 1.82) is 0 Å². The molecule has 4 nitrogen and oxygen atoms in total. The second-order valence-electron chi connectivity index (χ2n) is 8.19. The van der Waals surface area contributed by atoms with Crippen molar-refractivity contribution in [2.75, 3.05) is 19.6 Å². The number of benzene rings is 1. The second-order valence-corrected chi connectivity index (χ2v) is 8.19. The Morgan fingerprint density at radius 1 is 1.31 bits per heavy atom. The number of hydrogen-bond acceptors (Lipinski definition) is 3. The van der Waals surface area contributed by atoms with Crippen LogP contribution >= 0.6 is 0 Å². The molecule has 4 heteroatoms. The average molecular weight is 354 g/mol. The Labute approximate surface area is 157 Å². The summed E-state index contributed by atoms with van der Waals surface area (Å²) in [6.07, 6.45) is 6.60. The first kappa shape index (κ1) is 18.9. The first-order valence-corrected chi connectivity index (χ1v) is 9.78. The molecule has 1 amide bonds. The van der Waals surface area contributed by atoms with Gasteiger partial charge in [0.1, 0.15) is 5.60 Å². The van der Waals surface area contributed by atoms with Crippen molar-refractivity contribution in [2.24, 2.45) is 5.92 Å². The summed E-state index contributed by atoms with van der Waals surface area (Å²) in [4.78, 5) is 15.1. The van der Waals surface area contributed by atoms with Crippen LogP contribution in [0.2, 0.25) is 0 Å². The molecule has 3 rings (SSSR count). The number of likely N-dealkylation sites (tertiary alicyclic amines) is 1. The number of rotatable bonds is 4.